The van der Waals surface area contributed by atoms with Crippen molar-refractivity contribution in [3.63, 3.8) is 0 Å². The van der Waals surface area contributed by atoms with Crippen molar-refractivity contribution in [2.24, 2.45) is 5.92 Å². The molecule has 1 saturated heterocycles. The fraction of sp³-hybridized carbons (Fsp3) is 1.00. The van der Waals surface area contributed by atoms with Gasteiger partial charge in [0.25, 0.3) is 0 Å². The topological polar surface area (TPSA) is 35.5 Å². The Morgan fingerprint density at radius 1 is 1.32 bits per heavy atom. The van der Waals surface area contributed by atoms with Crippen LogP contribution in [0.3, 0.4) is 0 Å². The molecule has 3 heteroatoms. The first kappa shape index (κ1) is 15.3. The van der Waals surface area contributed by atoms with Crippen LogP contribution in [0, 0.1) is 5.92 Å². The van der Waals surface area contributed by atoms with E-state index in [0.29, 0.717) is 12.6 Å². The van der Waals surface area contributed by atoms with Gasteiger partial charge in [-0.05, 0) is 64.5 Å². The molecule has 1 heterocycles. The van der Waals surface area contributed by atoms with Crippen molar-refractivity contribution in [3.8, 4) is 0 Å². The summed E-state index contributed by atoms with van der Waals surface area (Å²) in [6.45, 7) is 9.53. The maximum atomic E-state index is 9.79. The van der Waals surface area contributed by atoms with Crippen molar-refractivity contribution in [3.05, 3.63) is 0 Å². The Balaban J connectivity index is 1.93. The zero-order valence-electron chi connectivity index (χ0n) is 13.0. The van der Waals surface area contributed by atoms with Gasteiger partial charge in [0.15, 0.2) is 0 Å². The third kappa shape index (κ3) is 3.50. The highest BCUT2D eigenvalue weighted by Crippen LogP contribution is 2.36. The molecule has 0 bridgehead atoms. The predicted octanol–water partition coefficient (Wildman–Crippen LogP) is 2.39. The second-order valence-electron chi connectivity index (χ2n) is 6.98. The van der Waals surface area contributed by atoms with Gasteiger partial charge in [-0.3, -0.25) is 4.90 Å². The normalized spacial score (nSPS) is 40.7. The molecule has 19 heavy (non-hydrogen) atoms. The smallest absolute Gasteiger partial charge is 0.0613 e. The minimum absolute atomic E-state index is 0.00343. The van der Waals surface area contributed by atoms with Crippen LogP contribution in [0.5, 0.6) is 0 Å². The highest BCUT2D eigenvalue weighted by atomic mass is 16.3. The predicted molar refractivity (Wildman–Crippen MR) is 80.3 cm³/mol. The summed E-state index contributed by atoms with van der Waals surface area (Å²) in [5, 5.41) is 13.4. The lowest BCUT2D eigenvalue weighted by atomic mass is 9.91. The van der Waals surface area contributed by atoms with Gasteiger partial charge in [0.2, 0.25) is 0 Å². The number of likely N-dealkylation sites (tertiary alicyclic amines) is 1. The lowest BCUT2D eigenvalue weighted by molar-refractivity contribution is 0.0743. The molecule has 1 aliphatic heterocycles. The van der Waals surface area contributed by atoms with Gasteiger partial charge < -0.3 is 10.4 Å². The first-order valence-corrected chi connectivity index (χ1v) is 8.22. The molecule has 112 valence electrons. The summed E-state index contributed by atoms with van der Waals surface area (Å²) in [5.74, 6) is 0.883. The zero-order chi connectivity index (χ0) is 13.9. The van der Waals surface area contributed by atoms with Crippen molar-refractivity contribution in [1.29, 1.82) is 0 Å². The van der Waals surface area contributed by atoms with E-state index in [4.69, 9.17) is 0 Å². The van der Waals surface area contributed by atoms with Crippen molar-refractivity contribution >= 4 is 0 Å². The lowest BCUT2D eigenvalue weighted by Crippen LogP contribution is -2.50. The Morgan fingerprint density at radius 2 is 2.11 bits per heavy atom. The van der Waals surface area contributed by atoms with E-state index in [1.54, 1.807) is 0 Å². The van der Waals surface area contributed by atoms with Crippen LogP contribution in [-0.2, 0) is 0 Å². The van der Waals surface area contributed by atoms with Gasteiger partial charge in [0, 0.05) is 17.6 Å². The molecule has 1 saturated carbocycles. The van der Waals surface area contributed by atoms with Gasteiger partial charge in [-0.1, -0.05) is 13.8 Å². The molecule has 1 aliphatic carbocycles. The lowest BCUT2D eigenvalue weighted by Gasteiger charge is -2.41. The van der Waals surface area contributed by atoms with Gasteiger partial charge in [-0.2, -0.15) is 0 Å². The minimum atomic E-state index is 0.00343. The highest BCUT2D eigenvalue weighted by Gasteiger charge is 2.42. The Kier molecular flexibility index (Phi) is 5.27. The Labute approximate surface area is 118 Å². The average molecular weight is 268 g/mol. The monoisotopic (exact) mass is 268 g/mol. The number of hydrogen-bond donors (Lipinski definition) is 2. The molecular weight excluding hydrogens is 236 g/mol. The zero-order valence-corrected chi connectivity index (χ0v) is 13.0. The summed E-state index contributed by atoms with van der Waals surface area (Å²) in [6, 6.07) is 1.40. The van der Waals surface area contributed by atoms with E-state index in [9.17, 15) is 5.11 Å². The quantitative estimate of drug-likeness (QED) is 0.803. The van der Waals surface area contributed by atoms with Crippen LogP contribution >= 0.6 is 0 Å². The molecule has 0 aromatic carbocycles. The summed E-state index contributed by atoms with van der Waals surface area (Å²) in [5.41, 5.74) is 0.00343. The van der Waals surface area contributed by atoms with E-state index in [0.717, 1.165) is 37.8 Å². The number of aliphatic hydroxyl groups excluding tert-OH is 1. The van der Waals surface area contributed by atoms with E-state index in [1.165, 1.54) is 25.8 Å². The van der Waals surface area contributed by atoms with Crippen molar-refractivity contribution in [1.82, 2.24) is 10.2 Å². The Hall–Kier alpha value is -0.120. The van der Waals surface area contributed by atoms with Crippen LogP contribution < -0.4 is 5.32 Å². The maximum absolute atomic E-state index is 9.79. The first-order chi connectivity index (χ1) is 9.10. The molecule has 4 unspecified atom stereocenters. The summed E-state index contributed by atoms with van der Waals surface area (Å²) in [6.07, 6.45) is 7.33. The summed E-state index contributed by atoms with van der Waals surface area (Å²) in [7, 11) is 0. The van der Waals surface area contributed by atoms with Crippen molar-refractivity contribution < 1.29 is 5.11 Å². The number of aliphatic hydroxyl groups is 1. The number of rotatable bonds is 5. The van der Waals surface area contributed by atoms with E-state index in [-0.39, 0.29) is 5.54 Å². The molecule has 2 rings (SSSR count). The third-order valence-corrected chi connectivity index (χ3v) is 5.29. The van der Waals surface area contributed by atoms with Crippen LogP contribution in [-0.4, -0.2) is 47.3 Å². The molecule has 0 spiro atoms. The van der Waals surface area contributed by atoms with E-state index < -0.39 is 0 Å². The molecule has 2 fully saturated rings. The minimum Gasteiger partial charge on any atom is -0.394 e. The van der Waals surface area contributed by atoms with E-state index in [1.807, 2.05) is 0 Å². The molecule has 0 aromatic heterocycles. The maximum Gasteiger partial charge on any atom is 0.0613 e. The molecule has 3 nitrogen and oxygen atoms in total. The fourth-order valence-electron chi connectivity index (χ4n) is 4.10. The number of nitrogens with zero attached hydrogens (tertiary/aromatic N) is 1. The molecular formula is C16H32N2O. The number of piperidine rings is 1. The van der Waals surface area contributed by atoms with Gasteiger partial charge in [0.1, 0.15) is 0 Å². The second kappa shape index (κ2) is 6.55. The van der Waals surface area contributed by atoms with Crippen LogP contribution in [0.2, 0.25) is 0 Å². The van der Waals surface area contributed by atoms with Crippen LogP contribution in [0.4, 0.5) is 0 Å². The Bertz CT molecular complexity index is 284. The van der Waals surface area contributed by atoms with Gasteiger partial charge in [-0.15, -0.1) is 0 Å². The van der Waals surface area contributed by atoms with Crippen molar-refractivity contribution in [2.75, 3.05) is 19.7 Å². The van der Waals surface area contributed by atoms with Crippen molar-refractivity contribution in [2.45, 2.75) is 76.9 Å². The van der Waals surface area contributed by atoms with E-state index in [2.05, 4.69) is 31.0 Å². The second-order valence-corrected chi connectivity index (χ2v) is 6.98. The number of hydrogen-bond acceptors (Lipinski definition) is 3. The summed E-state index contributed by atoms with van der Waals surface area (Å²) < 4.78 is 0. The standard InChI is InChI=1S/C16H32N2O/c1-4-8-17-16(12-19)7-5-15(11-16)18-9-6-13(2)10-14(18)3/h13-15,17,19H,4-12H2,1-3H3. The van der Waals surface area contributed by atoms with Crippen LogP contribution in [0.25, 0.3) is 0 Å². The SMILES string of the molecule is CCCNC1(CO)CCC(N2CCC(C)CC2C)C1. The third-order valence-electron chi connectivity index (χ3n) is 5.29. The van der Waals surface area contributed by atoms with Gasteiger partial charge in [-0.25, -0.2) is 0 Å². The largest absolute Gasteiger partial charge is 0.394 e. The molecule has 2 aliphatic rings. The summed E-state index contributed by atoms with van der Waals surface area (Å²) >= 11 is 0. The molecule has 0 aromatic rings. The average Bonchev–Trinajstić information content (AvgIpc) is 2.81. The van der Waals surface area contributed by atoms with Crippen LogP contribution in [0.15, 0.2) is 0 Å². The Morgan fingerprint density at radius 3 is 2.74 bits per heavy atom. The van der Waals surface area contributed by atoms with Crippen LogP contribution in [0.1, 0.15) is 59.3 Å². The van der Waals surface area contributed by atoms with E-state index >= 15 is 0 Å². The first-order valence-electron chi connectivity index (χ1n) is 8.22. The molecule has 0 radical (unpaired) electrons. The highest BCUT2D eigenvalue weighted by molar-refractivity contribution is 5.00. The summed E-state index contributed by atoms with van der Waals surface area (Å²) in [4.78, 5) is 2.71. The molecule has 4 atom stereocenters. The van der Waals surface area contributed by atoms with Gasteiger partial charge in [0.05, 0.1) is 6.61 Å². The van der Waals surface area contributed by atoms with Gasteiger partial charge >= 0.3 is 0 Å². The fourth-order valence-corrected chi connectivity index (χ4v) is 4.10. The molecule has 0 amide bonds. The number of nitrogens with one attached hydrogen (secondary N) is 1. The molecule has 2 N–H and O–H groups in total.